The Morgan fingerprint density at radius 1 is 1.09 bits per heavy atom. The van der Waals surface area contributed by atoms with Crippen molar-refractivity contribution in [2.24, 2.45) is 0 Å². The minimum atomic E-state index is -1.56. The highest BCUT2D eigenvalue weighted by atomic mass is 16.6. The summed E-state index contributed by atoms with van der Waals surface area (Å²) in [4.78, 5) is 23.2. The van der Waals surface area contributed by atoms with E-state index in [1.54, 1.807) is 20.8 Å². The normalized spacial score (nSPS) is 10.8. The number of alkyl carbamates (subject to hydrolysis) is 1. The molecule has 0 spiro atoms. The van der Waals surface area contributed by atoms with Crippen LogP contribution < -0.4 is 16.1 Å². The average molecular weight is 308 g/mol. The van der Waals surface area contributed by atoms with Gasteiger partial charge in [0.1, 0.15) is 5.60 Å². The Labute approximate surface area is 129 Å². The molecule has 0 unspecified atom stereocenters. The molecule has 0 aliphatic rings. The van der Waals surface area contributed by atoms with Crippen molar-refractivity contribution in [3.05, 3.63) is 29.8 Å². The van der Waals surface area contributed by atoms with Gasteiger partial charge in [-0.05, 0) is 38.4 Å². The third-order valence-corrected chi connectivity index (χ3v) is 2.55. The molecule has 0 aromatic heterocycles. The summed E-state index contributed by atoms with van der Waals surface area (Å²) >= 11 is 0. The van der Waals surface area contributed by atoms with Crippen molar-refractivity contribution in [1.29, 1.82) is 0 Å². The summed E-state index contributed by atoms with van der Waals surface area (Å²) in [5, 5.41) is 23.1. The number of amides is 2. The Balaban J connectivity index is 2.33. The molecule has 8 heteroatoms. The van der Waals surface area contributed by atoms with Crippen molar-refractivity contribution in [2.45, 2.75) is 26.4 Å². The van der Waals surface area contributed by atoms with E-state index in [1.807, 2.05) is 0 Å². The third-order valence-electron chi connectivity index (χ3n) is 2.55. The summed E-state index contributed by atoms with van der Waals surface area (Å²) in [6.07, 6.45) is -0.539. The number of ether oxygens (including phenoxy) is 1. The largest absolute Gasteiger partial charge is 0.488 e. The van der Waals surface area contributed by atoms with Gasteiger partial charge in [-0.3, -0.25) is 4.79 Å². The minimum Gasteiger partial charge on any atom is -0.444 e. The molecule has 0 heterocycles. The van der Waals surface area contributed by atoms with Gasteiger partial charge in [-0.1, -0.05) is 12.1 Å². The van der Waals surface area contributed by atoms with Gasteiger partial charge in [0.25, 0.3) is 5.91 Å². The molecular formula is C14H21BN2O5. The number of benzene rings is 1. The van der Waals surface area contributed by atoms with E-state index in [9.17, 15) is 9.59 Å². The van der Waals surface area contributed by atoms with Gasteiger partial charge in [0, 0.05) is 18.7 Å². The number of rotatable bonds is 5. The van der Waals surface area contributed by atoms with E-state index < -0.39 is 18.8 Å². The first-order valence-electron chi connectivity index (χ1n) is 6.90. The zero-order valence-electron chi connectivity index (χ0n) is 12.9. The van der Waals surface area contributed by atoms with Gasteiger partial charge >= 0.3 is 13.2 Å². The van der Waals surface area contributed by atoms with Crippen molar-refractivity contribution >= 4 is 24.6 Å². The molecule has 0 bridgehead atoms. The zero-order chi connectivity index (χ0) is 16.8. The molecule has 7 nitrogen and oxygen atoms in total. The van der Waals surface area contributed by atoms with Crippen LogP contribution in [0.25, 0.3) is 0 Å². The molecule has 4 N–H and O–H groups in total. The molecule has 0 aliphatic carbocycles. The fourth-order valence-electron chi connectivity index (χ4n) is 1.56. The summed E-state index contributed by atoms with van der Waals surface area (Å²) in [5.41, 5.74) is 0.136. The fourth-order valence-corrected chi connectivity index (χ4v) is 1.56. The van der Waals surface area contributed by atoms with E-state index in [2.05, 4.69) is 10.6 Å². The average Bonchev–Trinajstić information content (AvgIpc) is 2.41. The molecule has 0 fully saturated rings. The van der Waals surface area contributed by atoms with Crippen LogP contribution in [-0.4, -0.2) is 47.9 Å². The molecule has 120 valence electrons. The molecule has 1 aromatic rings. The molecule has 0 saturated heterocycles. The summed E-state index contributed by atoms with van der Waals surface area (Å²) in [7, 11) is -1.56. The molecule has 0 radical (unpaired) electrons. The Kier molecular flexibility index (Phi) is 6.39. The maximum atomic E-state index is 11.8. The van der Waals surface area contributed by atoms with E-state index in [1.165, 1.54) is 24.3 Å². The monoisotopic (exact) mass is 308 g/mol. The van der Waals surface area contributed by atoms with Crippen molar-refractivity contribution in [1.82, 2.24) is 10.6 Å². The molecular weight excluding hydrogens is 287 g/mol. The first-order valence-corrected chi connectivity index (χ1v) is 6.90. The number of carbonyl (C=O) groups excluding carboxylic acids is 2. The Morgan fingerprint density at radius 3 is 2.14 bits per heavy atom. The van der Waals surface area contributed by atoms with Crippen LogP contribution in [0.15, 0.2) is 24.3 Å². The van der Waals surface area contributed by atoms with Crippen LogP contribution in [0.2, 0.25) is 0 Å². The number of hydrogen-bond acceptors (Lipinski definition) is 5. The summed E-state index contributed by atoms with van der Waals surface area (Å²) in [5.74, 6) is -0.315. The van der Waals surface area contributed by atoms with Crippen LogP contribution in [0, 0.1) is 0 Å². The van der Waals surface area contributed by atoms with Crippen molar-refractivity contribution in [2.75, 3.05) is 13.1 Å². The predicted octanol–water partition coefficient (Wildman–Crippen LogP) is -0.379. The Hall–Kier alpha value is -2.06. The van der Waals surface area contributed by atoms with Gasteiger partial charge < -0.3 is 25.4 Å². The lowest BCUT2D eigenvalue weighted by atomic mass is 9.80. The highest BCUT2D eigenvalue weighted by Crippen LogP contribution is 2.06. The second-order valence-electron chi connectivity index (χ2n) is 5.68. The lowest BCUT2D eigenvalue weighted by molar-refractivity contribution is 0.0526. The van der Waals surface area contributed by atoms with Gasteiger partial charge in [0.05, 0.1) is 0 Å². The van der Waals surface area contributed by atoms with E-state index in [0.717, 1.165) is 0 Å². The maximum Gasteiger partial charge on any atom is 0.488 e. The smallest absolute Gasteiger partial charge is 0.444 e. The van der Waals surface area contributed by atoms with Gasteiger partial charge in [-0.25, -0.2) is 4.79 Å². The Bertz CT molecular complexity index is 511. The molecule has 0 saturated carbocycles. The van der Waals surface area contributed by atoms with E-state index in [0.29, 0.717) is 11.0 Å². The van der Waals surface area contributed by atoms with Gasteiger partial charge in [0.15, 0.2) is 0 Å². The molecule has 0 atom stereocenters. The van der Waals surface area contributed by atoms with E-state index in [-0.39, 0.29) is 19.0 Å². The van der Waals surface area contributed by atoms with Gasteiger partial charge in [0.2, 0.25) is 0 Å². The molecule has 0 aliphatic heterocycles. The van der Waals surface area contributed by atoms with Crippen LogP contribution in [0.1, 0.15) is 31.1 Å². The zero-order valence-corrected chi connectivity index (χ0v) is 12.9. The standard InChI is InChI=1S/C14H21BN2O5/c1-14(2,3)22-13(19)17-9-8-16-12(18)10-4-6-11(7-5-10)15(20)21/h4-7,20-21H,8-9H2,1-3H3,(H,16,18)(H,17,19). The number of carbonyl (C=O) groups is 2. The fraction of sp³-hybridized carbons (Fsp3) is 0.429. The van der Waals surface area contributed by atoms with Crippen LogP contribution in [-0.2, 0) is 4.74 Å². The topological polar surface area (TPSA) is 108 Å². The highest BCUT2D eigenvalue weighted by Gasteiger charge is 2.15. The summed E-state index contributed by atoms with van der Waals surface area (Å²) in [6.45, 7) is 5.79. The summed E-state index contributed by atoms with van der Waals surface area (Å²) < 4.78 is 5.05. The second kappa shape index (κ2) is 7.81. The second-order valence-corrected chi connectivity index (χ2v) is 5.68. The van der Waals surface area contributed by atoms with Crippen LogP contribution >= 0.6 is 0 Å². The Morgan fingerprint density at radius 2 is 1.64 bits per heavy atom. The number of nitrogens with one attached hydrogen (secondary N) is 2. The van der Waals surface area contributed by atoms with E-state index in [4.69, 9.17) is 14.8 Å². The van der Waals surface area contributed by atoms with E-state index >= 15 is 0 Å². The molecule has 2 amide bonds. The lowest BCUT2D eigenvalue weighted by Gasteiger charge is -2.19. The first kappa shape index (κ1) is 18.0. The van der Waals surface area contributed by atoms with Gasteiger partial charge in [-0.15, -0.1) is 0 Å². The van der Waals surface area contributed by atoms with Crippen molar-refractivity contribution < 1.29 is 24.4 Å². The predicted molar refractivity (Wildman–Crippen MR) is 82.8 cm³/mol. The summed E-state index contributed by atoms with van der Waals surface area (Å²) in [6, 6.07) is 5.90. The van der Waals surface area contributed by atoms with Crippen molar-refractivity contribution in [3.63, 3.8) is 0 Å². The third kappa shape index (κ3) is 6.60. The SMILES string of the molecule is CC(C)(C)OC(=O)NCCNC(=O)c1ccc(B(O)O)cc1. The van der Waals surface area contributed by atoms with Crippen LogP contribution in [0.4, 0.5) is 4.79 Å². The lowest BCUT2D eigenvalue weighted by Crippen LogP contribution is -2.38. The first-order chi connectivity index (χ1) is 10.2. The van der Waals surface area contributed by atoms with Crippen molar-refractivity contribution in [3.8, 4) is 0 Å². The molecule has 1 rings (SSSR count). The quantitative estimate of drug-likeness (QED) is 0.438. The maximum absolute atomic E-state index is 11.8. The van der Waals surface area contributed by atoms with Crippen LogP contribution in [0.5, 0.6) is 0 Å². The molecule has 1 aromatic carbocycles. The van der Waals surface area contributed by atoms with Gasteiger partial charge in [-0.2, -0.15) is 0 Å². The molecule has 22 heavy (non-hydrogen) atoms. The minimum absolute atomic E-state index is 0.244. The number of hydrogen-bond donors (Lipinski definition) is 4. The van der Waals surface area contributed by atoms with Crippen LogP contribution in [0.3, 0.4) is 0 Å². The highest BCUT2D eigenvalue weighted by molar-refractivity contribution is 6.58.